The fourth-order valence-electron chi connectivity index (χ4n) is 2.32. The molecule has 1 aliphatic heterocycles. The molecule has 0 spiro atoms. The molecule has 1 N–H and O–H groups in total. The Morgan fingerprint density at radius 2 is 1.87 bits per heavy atom. The predicted octanol–water partition coefficient (Wildman–Crippen LogP) is 1.83. The molecule has 0 bridgehead atoms. The van der Waals surface area contributed by atoms with Gasteiger partial charge in [0.15, 0.2) is 0 Å². The quantitative estimate of drug-likeness (QED) is 0.914. The Labute approximate surface area is 135 Å². The Hall–Kier alpha value is -2.15. The summed E-state index contributed by atoms with van der Waals surface area (Å²) in [5, 5.41) is 8.84. The first-order valence-electron chi connectivity index (χ1n) is 7.63. The average molecular weight is 321 g/mol. The predicted molar refractivity (Wildman–Crippen MR) is 84.3 cm³/mol. The molecular formula is C16H23N3O4. The van der Waals surface area contributed by atoms with E-state index in [1.807, 2.05) is 20.8 Å². The van der Waals surface area contributed by atoms with E-state index in [9.17, 15) is 9.59 Å². The van der Waals surface area contributed by atoms with Gasteiger partial charge in [0.25, 0.3) is 0 Å². The number of nitrogens with zero attached hydrogens (tertiary/aromatic N) is 3. The van der Waals surface area contributed by atoms with Crippen LogP contribution in [-0.2, 0) is 11.3 Å². The summed E-state index contributed by atoms with van der Waals surface area (Å²) in [6.07, 6.45) is 1.31. The zero-order valence-corrected chi connectivity index (χ0v) is 13.8. The molecule has 1 amide bonds. The molecule has 1 aliphatic rings. The Balaban J connectivity index is 1.82. The minimum Gasteiger partial charge on any atom is -0.477 e. The highest BCUT2D eigenvalue weighted by Gasteiger charge is 2.25. The number of carboxylic acids is 1. The molecule has 2 heterocycles. The zero-order valence-electron chi connectivity index (χ0n) is 13.8. The van der Waals surface area contributed by atoms with E-state index >= 15 is 0 Å². The molecule has 1 fully saturated rings. The van der Waals surface area contributed by atoms with Gasteiger partial charge in [0.05, 0.1) is 0 Å². The number of ether oxygens (including phenoxy) is 1. The van der Waals surface area contributed by atoms with Crippen LogP contribution in [0.25, 0.3) is 0 Å². The number of hydrogen-bond acceptors (Lipinski definition) is 5. The van der Waals surface area contributed by atoms with Gasteiger partial charge in [-0.2, -0.15) is 0 Å². The largest absolute Gasteiger partial charge is 0.477 e. The number of aromatic carboxylic acids is 1. The van der Waals surface area contributed by atoms with Gasteiger partial charge in [-0.25, -0.2) is 14.6 Å². The zero-order chi connectivity index (χ0) is 17.0. The number of rotatable bonds is 3. The van der Waals surface area contributed by atoms with Crippen molar-refractivity contribution in [3.8, 4) is 0 Å². The number of pyridine rings is 1. The van der Waals surface area contributed by atoms with Gasteiger partial charge >= 0.3 is 12.1 Å². The number of hydrogen-bond donors (Lipinski definition) is 1. The second kappa shape index (κ2) is 6.95. The van der Waals surface area contributed by atoms with Crippen molar-refractivity contribution in [3.63, 3.8) is 0 Å². The Kier molecular flexibility index (Phi) is 5.20. The van der Waals surface area contributed by atoms with Crippen LogP contribution in [0.4, 0.5) is 4.79 Å². The highest BCUT2D eigenvalue weighted by molar-refractivity contribution is 5.85. The summed E-state index contributed by atoms with van der Waals surface area (Å²) >= 11 is 0. The molecule has 23 heavy (non-hydrogen) atoms. The van der Waals surface area contributed by atoms with Crippen molar-refractivity contribution < 1.29 is 19.4 Å². The first-order valence-corrected chi connectivity index (χ1v) is 7.63. The molecule has 7 nitrogen and oxygen atoms in total. The van der Waals surface area contributed by atoms with Gasteiger partial charge in [0, 0.05) is 38.9 Å². The highest BCUT2D eigenvalue weighted by Crippen LogP contribution is 2.13. The van der Waals surface area contributed by atoms with Crippen molar-refractivity contribution in [1.29, 1.82) is 0 Å². The molecule has 0 aromatic carbocycles. The molecule has 0 saturated carbocycles. The van der Waals surface area contributed by atoms with Crippen LogP contribution in [0.3, 0.4) is 0 Å². The minimum absolute atomic E-state index is 0.0449. The molecule has 2 rings (SSSR count). The van der Waals surface area contributed by atoms with Gasteiger partial charge in [-0.3, -0.25) is 4.90 Å². The summed E-state index contributed by atoms with van der Waals surface area (Å²) in [5.41, 5.74) is 0.524. The van der Waals surface area contributed by atoms with Gasteiger partial charge in [-0.1, -0.05) is 6.07 Å². The minimum atomic E-state index is -1.03. The standard InChI is InChI=1S/C16H23N3O4/c1-16(2,3)23-15(22)19-8-6-18(7-9-19)11-12-4-5-13(14(20)21)17-10-12/h4-5,10H,6-9,11H2,1-3H3,(H,20,21). The molecule has 1 saturated heterocycles. The van der Waals surface area contributed by atoms with Crippen LogP contribution in [0.15, 0.2) is 18.3 Å². The highest BCUT2D eigenvalue weighted by atomic mass is 16.6. The maximum atomic E-state index is 12.0. The lowest BCUT2D eigenvalue weighted by Crippen LogP contribution is -2.49. The maximum Gasteiger partial charge on any atom is 0.410 e. The first-order chi connectivity index (χ1) is 10.7. The molecule has 1 aromatic rings. The van der Waals surface area contributed by atoms with Crippen molar-refractivity contribution in [2.45, 2.75) is 32.9 Å². The molecule has 126 valence electrons. The smallest absolute Gasteiger partial charge is 0.410 e. The van der Waals surface area contributed by atoms with Gasteiger partial charge in [0.2, 0.25) is 0 Å². The molecule has 0 unspecified atom stereocenters. The second-order valence-electron chi connectivity index (χ2n) is 6.60. The van der Waals surface area contributed by atoms with E-state index in [0.29, 0.717) is 19.6 Å². The lowest BCUT2D eigenvalue weighted by Gasteiger charge is -2.35. The van der Waals surface area contributed by atoms with Crippen LogP contribution < -0.4 is 0 Å². The number of amides is 1. The van der Waals surface area contributed by atoms with Crippen molar-refractivity contribution in [3.05, 3.63) is 29.6 Å². The normalized spacial score (nSPS) is 16.2. The van der Waals surface area contributed by atoms with Gasteiger partial charge < -0.3 is 14.7 Å². The summed E-state index contributed by atoms with van der Waals surface area (Å²) in [5.74, 6) is -1.03. The summed E-state index contributed by atoms with van der Waals surface area (Å²) in [6.45, 7) is 9.00. The lowest BCUT2D eigenvalue weighted by atomic mass is 10.2. The third kappa shape index (κ3) is 5.21. The van der Waals surface area contributed by atoms with Crippen molar-refractivity contribution >= 4 is 12.1 Å². The summed E-state index contributed by atoms with van der Waals surface area (Å²) in [6, 6.07) is 3.28. The second-order valence-corrected chi connectivity index (χ2v) is 6.60. The molecule has 0 atom stereocenters. The number of piperazine rings is 1. The van der Waals surface area contributed by atoms with E-state index in [-0.39, 0.29) is 11.8 Å². The van der Waals surface area contributed by atoms with Crippen LogP contribution >= 0.6 is 0 Å². The lowest BCUT2D eigenvalue weighted by molar-refractivity contribution is 0.0139. The third-order valence-electron chi connectivity index (χ3n) is 3.47. The molecule has 7 heteroatoms. The van der Waals surface area contributed by atoms with Crippen LogP contribution in [0.5, 0.6) is 0 Å². The van der Waals surface area contributed by atoms with Crippen molar-refractivity contribution in [1.82, 2.24) is 14.8 Å². The monoisotopic (exact) mass is 321 g/mol. The molecule has 0 aliphatic carbocycles. The summed E-state index contributed by atoms with van der Waals surface area (Å²) < 4.78 is 5.37. The van der Waals surface area contributed by atoms with E-state index in [4.69, 9.17) is 9.84 Å². The molecule has 0 radical (unpaired) electrons. The Morgan fingerprint density at radius 3 is 2.35 bits per heavy atom. The van der Waals surface area contributed by atoms with Crippen molar-refractivity contribution in [2.24, 2.45) is 0 Å². The fraction of sp³-hybridized carbons (Fsp3) is 0.562. The summed E-state index contributed by atoms with van der Waals surface area (Å²) in [4.78, 5) is 30.6. The van der Waals surface area contributed by atoms with E-state index in [1.54, 1.807) is 17.2 Å². The van der Waals surface area contributed by atoms with Gasteiger partial charge in [-0.15, -0.1) is 0 Å². The molecular weight excluding hydrogens is 298 g/mol. The first kappa shape index (κ1) is 17.2. The Bertz CT molecular complexity index is 558. The fourth-order valence-corrected chi connectivity index (χ4v) is 2.32. The number of carbonyl (C=O) groups excluding carboxylic acids is 1. The van der Waals surface area contributed by atoms with Gasteiger partial charge in [-0.05, 0) is 32.4 Å². The van der Waals surface area contributed by atoms with E-state index in [2.05, 4.69) is 9.88 Å². The SMILES string of the molecule is CC(C)(C)OC(=O)N1CCN(Cc2ccc(C(=O)O)nc2)CC1. The number of aromatic nitrogens is 1. The number of carboxylic acid groups (broad SMARTS) is 1. The van der Waals surface area contributed by atoms with E-state index in [1.165, 1.54) is 6.07 Å². The third-order valence-corrected chi connectivity index (χ3v) is 3.47. The van der Waals surface area contributed by atoms with Crippen LogP contribution in [-0.4, -0.2) is 63.7 Å². The average Bonchev–Trinajstić information content (AvgIpc) is 2.46. The molecule has 1 aromatic heterocycles. The van der Waals surface area contributed by atoms with Crippen LogP contribution in [0.1, 0.15) is 36.8 Å². The van der Waals surface area contributed by atoms with Crippen LogP contribution in [0.2, 0.25) is 0 Å². The maximum absolute atomic E-state index is 12.0. The van der Waals surface area contributed by atoms with Crippen LogP contribution in [0, 0.1) is 0 Å². The van der Waals surface area contributed by atoms with E-state index in [0.717, 1.165) is 18.7 Å². The van der Waals surface area contributed by atoms with Crippen molar-refractivity contribution in [2.75, 3.05) is 26.2 Å². The number of carbonyl (C=O) groups is 2. The topological polar surface area (TPSA) is 83.0 Å². The van der Waals surface area contributed by atoms with Gasteiger partial charge in [0.1, 0.15) is 11.3 Å². The summed E-state index contributed by atoms with van der Waals surface area (Å²) in [7, 11) is 0. The Morgan fingerprint density at radius 1 is 1.22 bits per heavy atom. The van der Waals surface area contributed by atoms with E-state index < -0.39 is 11.6 Å².